The number of carbonyl (C=O) groups excluding carboxylic acids is 4. The first kappa shape index (κ1) is 44.6. The zero-order chi connectivity index (χ0) is 45.5. The Morgan fingerprint density at radius 2 is 1.72 bits per heavy atom. The number of imide groups is 1. The van der Waals surface area contributed by atoms with Crippen LogP contribution in [0.15, 0.2) is 47.4 Å². The minimum absolute atomic E-state index is 0.0827. The van der Waals surface area contributed by atoms with E-state index >= 15 is 0 Å². The number of likely N-dealkylation sites (tertiary alicyclic amines) is 1. The molecule has 4 aromatic rings. The molecule has 4 fully saturated rings. The fourth-order valence-electron chi connectivity index (χ4n) is 10.1. The second-order valence-corrected chi connectivity index (χ2v) is 18.7. The maximum absolute atomic E-state index is 13.5. The lowest BCUT2D eigenvalue weighted by Crippen LogP contribution is -2.52. The Morgan fingerprint density at radius 1 is 0.954 bits per heavy atom. The van der Waals surface area contributed by atoms with Crippen molar-refractivity contribution in [3.63, 3.8) is 0 Å². The Kier molecular flexibility index (Phi) is 12.9. The quantitative estimate of drug-likeness (QED) is 0.135. The van der Waals surface area contributed by atoms with E-state index in [1.54, 1.807) is 35.8 Å². The normalized spacial score (nSPS) is 22.0. The number of anilines is 3. The molecular formula is C48H57ClN8O8. The second-order valence-electron chi connectivity index (χ2n) is 18.3. The summed E-state index contributed by atoms with van der Waals surface area (Å²) in [5.41, 5.74) is 3.77. The topological polar surface area (TPSA) is 178 Å². The van der Waals surface area contributed by atoms with Gasteiger partial charge in [0.1, 0.15) is 23.4 Å². The van der Waals surface area contributed by atoms with E-state index in [9.17, 15) is 24.0 Å². The van der Waals surface area contributed by atoms with Crippen LogP contribution in [0.25, 0.3) is 10.9 Å². The Hall–Kier alpha value is -5.58. The molecule has 4 aliphatic heterocycles. The van der Waals surface area contributed by atoms with Crippen LogP contribution in [0, 0.1) is 0 Å². The molecule has 3 saturated heterocycles. The number of fused-ring (bicyclic) bond motifs is 2. The van der Waals surface area contributed by atoms with E-state index in [1.165, 1.54) is 5.56 Å². The number of nitrogens with zero attached hydrogens (tertiary/aromatic N) is 6. The largest absolute Gasteiger partial charge is 0.496 e. The first-order valence-electron chi connectivity index (χ1n) is 23.0. The van der Waals surface area contributed by atoms with Crippen molar-refractivity contribution in [1.29, 1.82) is 0 Å². The predicted molar refractivity (Wildman–Crippen MR) is 245 cm³/mol. The first-order valence-corrected chi connectivity index (χ1v) is 23.4. The number of ether oxygens (including phenoxy) is 3. The Labute approximate surface area is 382 Å². The van der Waals surface area contributed by atoms with Crippen molar-refractivity contribution in [2.24, 2.45) is 0 Å². The van der Waals surface area contributed by atoms with Crippen LogP contribution >= 0.6 is 11.6 Å². The third-order valence-electron chi connectivity index (χ3n) is 13.8. The van der Waals surface area contributed by atoms with Crippen LogP contribution in [0.4, 0.5) is 17.5 Å². The van der Waals surface area contributed by atoms with Crippen molar-refractivity contribution in [2.75, 3.05) is 50.1 Å². The standard InChI is InChI=1S/C48H57ClN8O8/c1-5-34(58)26-64-41-21-30-19-32(6-7-38(30)57(27(2)3)46(41)61)51-44-37(49)24-50-48(53-44)55-16-12-35(13-17-55)65-36-22-33(23-36)54-14-10-28(11-15-54)29-18-31-25-56(39-8-9-42(59)52-45(39)60)47(62)43(31)40(20-29)63-4/h6-7,18-21,24,27-28,33,35-36,39H,5,8-17,22-23,25-26H2,1-4H3,(H,50,51,53)(H,52,59,60). The Bertz CT molecular complexity index is 2560. The fourth-order valence-corrected chi connectivity index (χ4v) is 10.2. The van der Waals surface area contributed by atoms with Gasteiger partial charge in [0.15, 0.2) is 17.4 Å². The van der Waals surface area contributed by atoms with Crippen LogP contribution in [0.2, 0.25) is 5.02 Å². The molecule has 0 bridgehead atoms. The molecule has 1 saturated carbocycles. The van der Waals surface area contributed by atoms with Crippen LogP contribution in [-0.2, 0) is 25.7 Å². The molecule has 2 N–H and O–H groups in total. The van der Waals surface area contributed by atoms with Crippen molar-refractivity contribution in [1.82, 2.24) is 29.7 Å². The molecule has 0 spiro atoms. The van der Waals surface area contributed by atoms with Crippen molar-refractivity contribution >= 4 is 63.5 Å². The van der Waals surface area contributed by atoms with Gasteiger partial charge in [0.05, 0.1) is 36.6 Å². The highest BCUT2D eigenvalue weighted by molar-refractivity contribution is 6.33. The van der Waals surface area contributed by atoms with E-state index in [-0.39, 0.29) is 60.2 Å². The van der Waals surface area contributed by atoms with Crippen LogP contribution in [-0.4, -0.2) is 112 Å². The smallest absolute Gasteiger partial charge is 0.293 e. The molecule has 9 rings (SSSR count). The number of nitrogens with one attached hydrogen (secondary N) is 2. The molecule has 65 heavy (non-hydrogen) atoms. The second kappa shape index (κ2) is 18.7. The number of piperidine rings is 3. The van der Waals surface area contributed by atoms with E-state index in [2.05, 4.69) is 31.5 Å². The molecule has 1 unspecified atom stereocenters. The number of Topliss-reactive ketones (excluding diaryl/α,β-unsaturated/α-hetero) is 1. The van der Waals surface area contributed by atoms with Crippen LogP contribution in [0.1, 0.15) is 112 Å². The number of methoxy groups -OCH3 is 1. The Balaban J connectivity index is 0.750. The summed E-state index contributed by atoms with van der Waals surface area (Å²) >= 11 is 6.61. The molecule has 6 heterocycles. The van der Waals surface area contributed by atoms with E-state index in [0.29, 0.717) is 59.4 Å². The highest BCUT2D eigenvalue weighted by Gasteiger charge is 2.42. The van der Waals surface area contributed by atoms with Gasteiger partial charge in [0.25, 0.3) is 11.5 Å². The van der Waals surface area contributed by atoms with Gasteiger partial charge in [-0.15, -0.1) is 0 Å². The maximum Gasteiger partial charge on any atom is 0.293 e. The summed E-state index contributed by atoms with van der Waals surface area (Å²) in [5.74, 6) is 1.09. The zero-order valence-electron chi connectivity index (χ0n) is 37.4. The number of carbonyl (C=O) groups is 4. The average Bonchev–Trinajstić information content (AvgIpc) is 3.62. The van der Waals surface area contributed by atoms with Gasteiger partial charge < -0.3 is 38.8 Å². The van der Waals surface area contributed by atoms with Gasteiger partial charge in [-0.3, -0.25) is 29.3 Å². The summed E-state index contributed by atoms with van der Waals surface area (Å²) < 4.78 is 19.7. The molecule has 344 valence electrons. The number of hydrogen-bond acceptors (Lipinski definition) is 13. The summed E-state index contributed by atoms with van der Waals surface area (Å²) in [5, 5.41) is 6.88. The third kappa shape index (κ3) is 9.17. The van der Waals surface area contributed by atoms with E-state index < -0.39 is 11.9 Å². The number of pyridine rings is 1. The lowest BCUT2D eigenvalue weighted by atomic mass is 9.83. The van der Waals surface area contributed by atoms with Gasteiger partial charge in [0, 0.05) is 55.6 Å². The molecular weight excluding hydrogens is 852 g/mol. The highest BCUT2D eigenvalue weighted by Crippen LogP contribution is 2.41. The first-order chi connectivity index (χ1) is 31.4. The summed E-state index contributed by atoms with van der Waals surface area (Å²) in [7, 11) is 1.58. The van der Waals surface area contributed by atoms with Crippen LogP contribution in [0.5, 0.6) is 11.5 Å². The molecule has 17 heteroatoms. The molecule has 1 aliphatic carbocycles. The zero-order valence-corrected chi connectivity index (χ0v) is 38.2. The van der Waals surface area contributed by atoms with E-state index in [0.717, 1.165) is 86.9 Å². The molecule has 0 radical (unpaired) electrons. The summed E-state index contributed by atoms with van der Waals surface area (Å²) in [6.45, 7) is 9.34. The van der Waals surface area contributed by atoms with Crippen LogP contribution in [0.3, 0.4) is 0 Å². The van der Waals surface area contributed by atoms with Crippen molar-refractivity contribution < 1.29 is 33.4 Å². The van der Waals surface area contributed by atoms with Crippen LogP contribution < -0.4 is 30.6 Å². The maximum atomic E-state index is 13.5. The van der Waals surface area contributed by atoms with Gasteiger partial charge in [-0.1, -0.05) is 24.6 Å². The Morgan fingerprint density at radius 3 is 2.43 bits per heavy atom. The number of ketones is 1. The highest BCUT2D eigenvalue weighted by atomic mass is 35.5. The minimum Gasteiger partial charge on any atom is -0.496 e. The number of benzene rings is 2. The predicted octanol–water partition coefficient (Wildman–Crippen LogP) is 6.29. The van der Waals surface area contributed by atoms with E-state index in [4.69, 9.17) is 30.8 Å². The van der Waals surface area contributed by atoms with Gasteiger partial charge in [-0.05, 0) is 119 Å². The van der Waals surface area contributed by atoms with Gasteiger partial charge in [-0.25, -0.2) is 4.98 Å². The number of aromatic nitrogens is 3. The van der Waals surface area contributed by atoms with Crippen molar-refractivity contribution in [3.8, 4) is 11.5 Å². The number of hydrogen-bond donors (Lipinski definition) is 2. The summed E-state index contributed by atoms with van der Waals surface area (Å²) in [6, 6.07) is 11.2. The van der Waals surface area contributed by atoms with Crippen molar-refractivity contribution in [2.45, 2.75) is 121 Å². The fraction of sp³-hybridized carbons (Fsp3) is 0.521. The monoisotopic (exact) mass is 908 g/mol. The average molecular weight is 909 g/mol. The number of halogens is 1. The molecule has 5 aliphatic rings. The molecule has 16 nitrogen and oxygen atoms in total. The summed E-state index contributed by atoms with van der Waals surface area (Å²) in [4.78, 5) is 78.8. The third-order valence-corrected chi connectivity index (χ3v) is 14.1. The minimum atomic E-state index is -0.657. The number of rotatable bonds is 14. The van der Waals surface area contributed by atoms with Gasteiger partial charge in [0.2, 0.25) is 17.8 Å². The molecule has 1 atom stereocenters. The SMILES string of the molecule is CCC(=O)COc1cc2cc(Nc3nc(N4CCC(OC5CC(N6CCC(c7cc8c(c(OC)c7)C(=O)N(C7CCC(=O)NC7=O)C8)CC6)C5)CC4)ncc3Cl)ccc2n(C(C)C)c1=O. The lowest BCUT2D eigenvalue weighted by molar-refractivity contribution is -0.137. The summed E-state index contributed by atoms with van der Waals surface area (Å²) in [6.07, 6.45) is 8.76. The molecule has 2 aromatic carbocycles. The molecule has 2 aromatic heterocycles. The van der Waals surface area contributed by atoms with E-state index in [1.807, 2.05) is 38.1 Å². The van der Waals surface area contributed by atoms with Crippen molar-refractivity contribution in [3.05, 3.63) is 74.7 Å². The number of amides is 3. The molecule has 3 amide bonds. The van der Waals surface area contributed by atoms with Gasteiger partial charge in [-0.2, -0.15) is 4.98 Å². The lowest BCUT2D eigenvalue weighted by Gasteiger charge is -2.47. The van der Waals surface area contributed by atoms with Gasteiger partial charge >= 0.3 is 0 Å².